The smallest absolute Gasteiger partial charge is 0.408 e. The zero-order chi connectivity index (χ0) is 12.3. The summed E-state index contributed by atoms with van der Waals surface area (Å²) < 4.78 is 9.73. The number of thiol groups is 1. The molecule has 5 nitrogen and oxygen atoms in total. The second-order valence-electron chi connectivity index (χ2n) is 4.87. The Labute approximate surface area is 96.3 Å². The van der Waals surface area contributed by atoms with Crippen molar-refractivity contribution in [3.8, 4) is 0 Å². The number of rotatable bonds is 3. The van der Waals surface area contributed by atoms with Crippen LogP contribution in [0.25, 0.3) is 0 Å². The third-order valence-corrected chi connectivity index (χ3v) is 1.88. The van der Waals surface area contributed by atoms with Crippen molar-refractivity contribution in [3.05, 3.63) is 0 Å². The van der Waals surface area contributed by atoms with Gasteiger partial charge in [0.05, 0.1) is 5.54 Å². The van der Waals surface area contributed by atoms with E-state index in [9.17, 15) is 4.79 Å². The molecule has 1 unspecified atom stereocenters. The van der Waals surface area contributed by atoms with Crippen molar-refractivity contribution in [2.24, 2.45) is 5.73 Å². The van der Waals surface area contributed by atoms with Crippen molar-refractivity contribution < 1.29 is 13.7 Å². The molecule has 0 aliphatic heterocycles. The molecule has 0 saturated carbocycles. The minimum absolute atomic E-state index is 0.534. The van der Waals surface area contributed by atoms with Gasteiger partial charge in [-0.1, -0.05) is 0 Å². The summed E-state index contributed by atoms with van der Waals surface area (Å²) in [6, 6.07) is 0. The van der Waals surface area contributed by atoms with Crippen molar-refractivity contribution >= 4 is 19.0 Å². The summed E-state index contributed by atoms with van der Waals surface area (Å²) in [4.78, 5) is 11.4. The molecule has 0 spiro atoms. The van der Waals surface area contributed by atoms with Crippen LogP contribution >= 0.6 is 12.9 Å². The lowest BCUT2D eigenvalue weighted by Gasteiger charge is -2.31. The van der Waals surface area contributed by atoms with Crippen LogP contribution in [-0.2, 0) is 8.92 Å². The summed E-state index contributed by atoms with van der Waals surface area (Å²) in [5.74, 6) is 0. The number of alkyl carbamates (subject to hydrolysis) is 1. The Morgan fingerprint density at radius 2 is 1.80 bits per heavy atom. The molecule has 3 N–H and O–H groups in total. The average Bonchev–Trinajstić information content (AvgIpc) is 1.97. The number of hydrogen-bond donors (Lipinski definition) is 3. The summed E-state index contributed by atoms with van der Waals surface area (Å²) in [5, 5.41) is 2.60. The zero-order valence-electron chi connectivity index (χ0n) is 9.83. The lowest BCUT2D eigenvalue weighted by Crippen LogP contribution is -2.57. The molecule has 6 heteroatoms. The van der Waals surface area contributed by atoms with Crippen molar-refractivity contribution in [3.63, 3.8) is 0 Å². The van der Waals surface area contributed by atoms with Gasteiger partial charge in [-0.25, -0.2) is 4.79 Å². The highest BCUT2D eigenvalue weighted by Crippen LogP contribution is 2.12. The Morgan fingerprint density at radius 3 is 2.13 bits per heavy atom. The normalized spacial score (nSPS) is 14.6. The standard InChI is InChI=1S/C9H20N2O3S/c1-8(2,3)13-7(12)11-9(4,5)6(10)14-15/h6,15H,10H2,1-5H3,(H,11,12). The minimum atomic E-state index is -0.746. The van der Waals surface area contributed by atoms with Gasteiger partial charge in [0.15, 0.2) is 0 Å². The third kappa shape index (κ3) is 5.86. The molecule has 0 bridgehead atoms. The van der Waals surface area contributed by atoms with Gasteiger partial charge in [-0.2, -0.15) is 0 Å². The quantitative estimate of drug-likeness (QED) is 0.394. The van der Waals surface area contributed by atoms with Crippen LogP contribution in [0.2, 0.25) is 0 Å². The molecule has 1 amide bonds. The molecular formula is C9H20N2O3S. The molecule has 0 aliphatic rings. The van der Waals surface area contributed by atoms with Gasteiger partial charge < -0.3 is 15.8 Å². The minimum Gasteiger partial charge on any atom is -0.444 e. The Hall–Kier alpha value is -0.460. The molecule has 0 aliphatic carbocycles. The van der Waals surface area contributed by atoms with Crippen LogP contribution in [0, 0.1) is 0 Å². The third-order valence-electron chi connectivity index (χ3n) is 1.65. The van der Waals surface area contributed by atoms with E-state index in [1.54, 1.807) is 34.6 Å². The summed E-state index contributed by atoms with van der Waals surface area (Å²) in [5.41, 5.74) is 4.31. The largest absolute Gasteiger partial charge is 0.444 e. The first kappa shape index (κ1) is 14.5. The van der Waals surface area contributed by atoms with Gasteiger partial charge in [0.1, 0.15) is 11.8 Å². The second-order valence-corrected chi connectivity index (χ2v) is 5.09. The molecule has 0 aromatic heterocycles. The number of carbonyl (C=O) groups is 1. The first-order valence-corrected chi connectivity index (χ1v) is 5.02. The van der Waals surface area contributed by atoms with Crippen LogP contribution in [0.1, 0.15) is 34.6 Å². The van der Waals surface area contributed by atoms with E-state index in [0.29, 0.717) is 0 Å². The maximum atomic E-state index is 11.4. The van der Waals surface area contributed by atoms with Crippen LogP contribution in [0.5, 0.6) is 0 Å². The van der Waals surface area contributed by atoms with Crippen LogP contribution in [0.4, 0.5) is 4.79 Å². The summed E-state index contributed by atoms with van der Waals surface area (Å²) in [6.07, 6.45) is -1.25. The fourth-order valence-corrected chi connectivity index (χ4v) is 1.03. The van der Waals surface area contributed by atoms with Crippen LogP contribution < -0.4 is 11.1 Å². The molecular weight excluding hydrogens is 216 g/mol. The average molecular weight is 236 g/mol. The topological polar surface area (TPSA) is 73.6 Å². The second kappa shape index (κ2) is 5.05. The van der Waals surface area contributed by atoms with Crippen molar-refractivity contribution in [1.82, 2.24) is 5.32 Å². The van der Waals surface area contributed by atoms with E-state index in [4.69, 9.17) is 10.5 Å². The Morgan fingerprint density at radius 1 is 1.33 bits per heavy atom. The van der Waals surface area contributed by atoms with Gasteiger partial charge in [0, 0.05) is 0 Å². The van der Waals surface area contributed by atoms with Crippen LogP contribution in [0.15, 0.2) is 0 Å². The number of nitrogens with two attached hydrogens (primary N) is 1. The van der Waals surface area contributed by atoms with Crippen molar-refractivity contribution in [2.45, 2.75) is 52.0 Å². The monoisotopic (exact) mass is 236 g/mol. The van der Waals surface area contributed by atoms with Crippen molar-refractivity contribution in [1.29, 1.82) is 0 Å². The SMILES string of the molecule is CC(C)(C)OC(=O)NC(C)(C)C(N)OS. The van der Waals surface area contributed by atoms with Gasteiger partial charge in [0.2, 0.25) is 0 Å². The number of nitrogens with one attached hydrogen (secondary N) is 1. The predicted molar refractivity (Wildman–Crippen MR) is 61.5 cm³/mol. The summed E-state index contributed by atoms with van der Waals surface area (Å²) >= 11 is 3.60. The predicted octanol–water partition coefficient (Wildman–Crippen LogP) is 1.44. The maximum absolute atomic E-state index is 11.4. The fraction of sp³-hybridized carbons (Fsp3) is 0.889. The highest BCUT2D eigenvalue weighted by molar-refractivity contribution is 7.75. The molecule has 0 saturated heterocycles. The number of ether oxygens (including phenoxy) is 1. The Balaban J connectivity index is 4.28. The number of hydrogen-bond acceptors (Lipinski definition) is 5. The number of carbonyl (C=O) groups excluding carboxylic acids is 1. The Kier molecular flexibility index (Phi) is 4.89. The molecule has 0 heterocycles. The van der Waals surface area contributed by atoms with Gasteiger partial charge >= 0.3 is 6.09 Å². The van der Waals surface area contributed by atoms with Crippen LogP contribution in [0.3, 0.4) is 0 Å². The summed E-state index contributed by atoms with van der Waals surface area (Å²) in [7, 11) is 0. The van der Waals surface area contributed by atoms with E-state index in [2.05, 4.69) is 22.4 Å². The highest BCUT2D eigenvalue weighted by Gasteiger charge is 2.30. The zero-order valence-corrected chi connectivity index (χ0v) is 10.7. The molecule has 0 aromatic rings. The lowest BCUT2D eigenvalue weighted by atomic mass is 10.0. The molecule has 0 radical (unpaired) electrons. The van der Waals surface area contributed by atoms with Crippen LogP contribution in [-0.4, -0.2) is 23.5 Å². The van der Waals surface area contributed by atoms with E-state index in [1.807, 2.05) is 0 Å². The Bertz CT molecular complexity index is 226. The molecule has 0 fully saturated rings. The van der Waals surface area contributed by atoms with Gasteiger partial charge in [0.25, 0.3) is 0 Å². The molecule has 90 valence electrons. The molecule has 15 heavy (non-hydrogen) atoms. The lowest BCUT2D eigenvalue weighted by molar-refractivity contribution is 0.0380. The molecule has 0 aromatic carbocycles. The van der Waals surface area contributed by atoms with Gasteiger partial charge in [-0.3, -0.25) is 4.18 Å². The maximum Gasteiger partial charge on any atom is 0.408 e. The van der Waals surface area contributed by atoms with E-state index in [1.165, 1.54) is 0 Å². The van der Waals surface area contributed by atoms with E-state index < -0.39 is 23.5 Å². The number of amides is 1. The molecule has 1 atom stereocenters. The summed E-state index contributed by atoms with van der Waals surface area (Å²) in [6.45, 7) is 8.80. The highest BCUT2D eigenvalue weighted by atomic mass is 32.1. The van der Waals surface area contributed by atoms with E-state index in [0.717, 1.165) is 0 Å². The fourth-order valence-electron chi connectivity index (χ4n) is 0.770. The first-order chi connectivity index (χ1) is 6.58. The van der Waals surface area contributed by atoms with E-state index >= 15 is 0 Å². The first-order valence-electron chi connectivity index (χ1n) is 4.65. The van der Waals surface area contributed by atoms with Gasteiger partial charge in [-0.05, 0) is 47.5 Å². The van der Waals surface area contributed by atoms with Crippen molar-refractivity contribution in [2.75, 3.05) is 0 Å². The van der Waals surface area contributed by atoms with E-state index in [-0.39, 0.29) is 0 Å². The molecule has 0 rings (SSSR count). The van der Waals surface area contributed by atoms with Gasteiger partial charge in [-0.15, -0.1) is 0 Å².